The van der Waals surface area contributed by atoms with Gasteiger partial charge < -0.3 is 29.4 Å². The Labute approximate surface area is 412 Å². The van der Waals surface area contributed by atoms with Gasteiger partial charge in [0.15, 0.2) is 9.84 Å². The summed E-state index contributed by atoms with van der Waals surface area (Å²) >= 11 is 5.93. The van der Waals surface area contributed by atoms with Gasteiger partial charge in [0.05, 0.1) is 38.5 Å². The summed E-state index contributed by atoms with van der Waals surface area (Å²) < 4.78 is 166. The summed E-state index contributed by atoms with van der Waals surface area (Å²) in [6, 6.07) is 5.81. The largest absolute Gasteiger partial charge is 1.00 e. The number of sulfone groups is 1. The van der Waals surface area contributed by atoms with Crippen LogP contribution in [0, 0.1) is 0 Å². The number of anilines is 3. The van der Waals surface area contributed by atoms with Crippen LogP contribution in [0.5, 0.6) is 5.75 Å². The van der Waals surface area contributed by atoms with Crippen LogP contribution in [0.1, 0.15) is 0 Å². The third-order valence-electron chi connectivity index (χ3n) is 6.23. The van der Waals surface area contributed by atoms with Crippen LogP contribution in [-0.2, 0) is 54.8 Å². The second kappa shape index (κ2) is 22.0. The average molecular weight is 936 g/mol. The predicted molar refractivity (Wildman–Crippen MR) is 171 cm³/mol. The fraction of sp³-hybridized carbons (Fsp3) is 0.174. The fourth-order valence-corrected chi connectivity index (χ4v) is 7.42. The molecule has 3 aromatic carbocycles. The SMILES string of the molecule is O=S(=O)(CCNc1nc(Cl)nc(Nc2cc(S(=O)(=O)[O-])cc3cc(S(=O)(=O)[O-])c(N=Nc4ccccc4S(=O)(=O)[O-])c([O-])c23)n1)CCOS(=O)(=O)O.[Na+].[Na+].[Na+].[Na+]. The van der Waals surface area contributed by atoms with Crippen LogP contribution in [0.4, 0.5) is 29.0 Å². The molecular weight excluding hydrogens is 918 g/mol. The van der Waals surface area contributed by atoms with Crippen molar-refractivity contribution >= 4 is 102 Å². The van der Waals surface area contributed by atoms with Gasteiger partial charge in [0, 0.05) is 12.2 Å². The fourth-order valence-electron chi connectivity index (χ4n) is 4.12. The van der Waals surface area contributed by atoms with Crippen LogP contribution < -0.4 is 134 Å². The van der Waals surface area contributed by atoms with Gasteiger partial charge in [-0.15, -0.1) is 10.2 Å². The van der Waals surface area contributed by atoms with Crippen molar-refractivity contribution in [2.75, 3.05) is 35.3 Å². The van der Waals surface area contributed by atoms with Crippen molar-refractivity contribution in [3.63, 3.8) is 0 Å². The molecule has 0 saturated carbocycles. The standard InChI is InChI=1S/C23H22ClN7O16S5.4Na/c24-21-27-22(25-5-7-48(33,34)8-6-47-52(44,45)46)29-23(28-21)26-15-11-13(49(35,36)37)9-12-10-17(51(41,42)43)19(20(32)18(12)15)31-30-14-3-1-2-4-16(14)50(38,39)40;;;;/h1-4,9-11,32H,5-8H2,(H,35,36,37)(H,38,39,40)(H,41,42,43)(H,44,45,46)(H2,25,26,27,28,29);;;;/q;4*+1/p-4. The normalized spacial score (nSPS) is 12.2. The van der Waals surface area contributed by atoms with Crippen LogP contribution >= 0.6 is 11.6 Å². The predicted octanol–water partition coefficient (Wildman–Crippen LogP) is -11.7. The Bertz CT molecular complexity index is 2680. The minimum atomic E-state index is -5.63. The van der Waals surface area contributed by atoms with E-state index in [-0.39, 0.29) is 118 Å². The van der Waals surface area contributed by atoms with Crippen molar-refractivity contribution in [1.82, 2.24) is 15.0 Å². The zero-order valence-electron chi connectivity index (χ0n) is 29.1. The Morgan fingerprint density at radius 3 is 1.91 bits per heavy atom. The van der Waals surface area contributed by atoms with Gasteiger partial charge in [-0.2, -0.15) is 23.4 Å². The third-order valence-corrected chi connectivity index (χ3v) is 11.0. The molecule has 56 heavy (non-hydrogen) atoms. The number of nitrogens with one attached hydrogen (secondary N) is 2. The van der Waals surface area contributed by atoms with Crippen molar-refractivity contribution in [2.24, 2.45) is 10.2 Å². The van der Waals surface area contributed by atoms with E-state index in [9.17, 15) is 60.9 Å². The molecule has 0 aliphatic rings. The Balaban J connectivity index is 0.00000756. The third kappa shape index (κ3) is 16.0. The van der Waals surface area contributed by atoms with Crippen molar-refractivity contribution < 1.29 is 188 Å². The number of azo groups is 1. The van der Waals surface area contributed by atoms with E-state index in [1.807, 2.05) is 0 Å². The van der Waals surface area contributed by atoms with E-state index >= 15 is 0 Å². The van der Waals surface area contributed by atoms with Crippen LogP contribution in [0.3, 0.4) is 0 Å². The van der Waals surface area contributed by atoms with Gasteiger partial charge >= 0.3 is 129 Å². The van der Waals surface area contributed by atoms with E-state index in [4.69, 9.17) is 16.2 Å². The van der Waals surface area contributed by atoms with E-state index in [0.29, 0.717) is 18.2 Å². The van der Waals surface area contributed by atoms with Crippen LogP contribution in [0.15, 0.2) is 67.4 Å². The topological polar surface area (TPSA) is 380 Å². The van der Waals surface area contributed by atoms with Gasteiger partial charge in [-0.25, -0.2) is 37.9 Å². The number of aromatic nitrogens is 3. The second-order valence-corrected chi connectivity index (χ2v) is 17.7. The van der Waals surface area contributed by atoms with Crippen LogP contribution in [0.25, 0.3) is 10.8 Å². The molecule has 0 spiro atoms. The first-order chi connectivity index (χ1) is 23.8. The van der Waals surface area contributed by atoms with E-state index in [0.717, 1.165) is 18.2 Å². The summed E-state index contributed by atoms with van der Waals surface area (Å²) in [7, 11) is -25.0. The molecule has 0 amide bonds. The maximum atomic E-state index is 13.8. The molecule has 3 N–H and O–H groups in total. The maximum Gasteiger partial charge on any atom is 1.00 e. The van der Waals surface area contributed by atoms with Crippen molar-refractivity contribution in [2.45, 2.75) is 14.7 Å². The number of fused-ring (bicyclic) bond motifs is 1. The molecule has 0 aliphatic carbocycles. The number of rotatable bonds is 15. The summed E-state index contributed by atoms with van der Waals surface area (Å²) in [5, 5.41) is 23.7. The number of halogens is 1. The molecule has 4 rings (SSSR count). The number of hydrogen-bond donors (Lipinski definition) is 3. The first-order valence-corrected chi connectivity index (χ1v) is 21.1. The van der Waals surface area contributed by atoms with Gasteiger partial charge in [0.2, 0.25) is 17.2 Å². The number of nitrogens with zero attached hydrogens (tertiary/aromatic N) is 5. The zero-order valence-corrected chi connectivity index (χ0v) is 41.9. The van der Waals surface area contributed by atoms with E-state index in [2.05, 4.69) is 40.0 Å². The smallest absolute Gasteiger partial charge is 0.870 e. The molecule has 0 fully saturated rings. The molecule has 0 saturated heterocycles. The van der Waals surface area contributed by atoms with Crippen LogP contribution in [0.2, 0.25) is 5.28 Å². The Morgan fingerprint density at radius 2 is 1.34 bits per heavy atom. The molecule has 282 valence electrons. The van der Waals surface area contributed by atoms with Crippen LogP contribution in [-0.4, -0.2) is 99.9 Å². The van der Waals surface area contributed by atoms with Gasteiger partial charge in [0.25, 0.3) is 0 Å². The van der Waals surface area contributed by atoms with Gasteiger partial charge in [-0.05, 0) is 52.7 Å². The van der Waals surface area contributed by atoms with E-state index in [1.165, 1.54) is 6.07 Å². The van der Waals surface area contributed by atoms with E-state index < -0.39 is 141 Å². The number of hydrogen-bond acceptors (Lipinski definition) is 22. The molecule has 33 heteroatoms. The molecule has 1 aromatic heterocycles. The Hall–Kier alpha value is -0.230. The molecule has 0 bridgehead atoms. The molecular formula is C23H18ClN7Na4O16S5. The molecule has 0 aliphatic heterocycles. The quantitative estimate of drug-likeness (QED) is 0.0566. The molecule has 0 unspecified atom stereocenters. The monoisotopic (exact) mass is 935 g/mol. The Kier molecular flexibility index (Phi) is 21.9. The minimum Gasteiger partial charge on any atom is -0.870 e. The first kappa shape index (κ1) is 55.8. The van der Waals surface area contributed by atoms with Gasteiger partial charge in [-0.3, -0.25) is 4.55 Å². The first-order valence-electron chi connectivity index (χ1n) is 13.3. The Morgan fingerprint density at radius 1 is 0.750 bits per heavy atom. The average Bonchev–Trinajstić information content (AvgIpc) is 2.98. The maximum absolute atomic E-state index is 13.8. The second-order valence-electron chi connectivity index (χ2n) is 9.86. The van der Waals surface area contributed by atoms with Crippen molar-refractivity contribution in [3.8, 4) is 5.75 Å². The van der Waals surface area contributed by atoms with Gasteiger partial charge in [0.1, 0.15) is 36.0 Å². The minimum absolute atomic E-state index is 0. The summed E-state index contributed by atoms with van der Waals surface area (Å²) in [6.45, 7) is -1.32. The molecule has 23 nitrogen and oxygen atoms in total. The zero-order chi connectivity index (χ0) is 38.9. The molecule has 0 radical (unpaired) electrons. The molecule has 4 aromatic rings. The summed E-state index contributed by atoms with van der Waals surface area (Å²) in [6.07, 6.45) is 0. The summed E-state index contributed by atoms with van der Waals surface area (Å²) in [4.78, 5) is 7.99. The van der Waals surface area contributed by atoms with Gasteiger partial charge in [-0.1, -0.05) is 17.9 Å². The summed E-state index contributed by atoms with van der Waals surface area (Å²) in [5.41, 5.74) is -2.50. The van der Waals surface area contributed by atoms with Crippen molar-refractivity contribution in [1.29, 1.82) is 0 Å². The molecule has 0 atom stereocenters. The molecule has 1 heterocycles. The number of benzene rings is 3. The summed E-state index contributed by atoms with van der Waals surface area (Å²) in [5.74, 6) is -3.94. The van der Waals surface area contributed by atoms with E-state index in [1.54, 1.807) is 0 Å². The van der Waals surface area contributed by atoms with Crippen molar-refractivity contribution in [3.05, 3.63) is 47.7 Å².